The van der Waals surface area contributed by atoms with Crippen LogP contribution in [0, 0.1) is 5.92 Å². The third-order valence-corrected chi connectivity index (χ3v) is 5.16. The van der Waals surface area contributed by atoms with E-state index in [0.29, 0.717) is 24.5 Å². The average Bonchev–Trinajstić information content (AvgIpc) is 3.33. The normalized spacial score (nSPS) is 23.0. The Bertz CT molecular complexity index is 353. The molecule has 4 nitrogen and oxygen atoms in total. The maximum absolute atomic E-state index is 12.1. The number of carboxylic acids is 1. The number of carbonyl (C=O) groups is 1. The first-order valence-corrected chi connectivity index (χ1v) is 8.78. The van der Waals surface area contributed by atoms with Gasteiger partial charge in [0.2, 0.25) is 0 Å². The Balaban J connectivity index is 2.11. The summed E-state index contributed by atoms with van der Waals surface area (Å²) in [7, 11) is 0. The molecule has 2 aliphatic carbocycles. The van der Waals surface area contributed by atoms with Gasteiger partial charge in [0.25, 0.3) is 0 Å². The van der Waals surface area contributed by atoms with Crippen LogP contribution in [-0.2, 0) is 4.79 Å². The first kappa shape index (κ1) is 16.8. The average molecular weight is 296 g/mol. The van der Waals surface area contributed by atoms with Crippen LogP contribution in [0.1, 0.15) is 65.7 Å². The predicted molar refractivity (Wildman–Crippen MR) is 85.5 cm³/mol. The highest BCUT2D eigenvalue weighted by atomic mass is 16.4. The molecule has 0 saturated heterocycles. The first-order valence-electron chi connectivity index (χ1n) is 8.78. The summed E-state index contributed by atoms with van der Waals surface area (Å²) in [6, 6.07) is 0.890. The van der Waals surface area contributed by atoms with Crippen molar-refractivity contribution in [3.05, 3.63) is 0 Å². The highest BCUT2D eigenvalue weighted by Gasteiger charge is 2.54. The largest absolute Gasteiger partial charge is 0.480 e. The Morgan fingerprint density at radius 3 is 2.43 bits per heavy atom. The van der Waals surface area contributed by atoms with Crippen LogP contribution in [0.5, 0.6) is 0 Å². The monoisotopic (exact) mass is 296 g/mol. The van der Waals surface area contributed by atoms with Gasteiger partial charge in [-0.1, -0.05) is 20.3 Å². The summed E-state index contributed by atoms with van der Waals surface area (Å²) in [5.74, 6) is -0.314. The van der Waals surface area contributed by atoms with Gasteiger partial charge in [-0.3, -0.25) is 15.0 Å². The molecule has 0 aromatic rings. The fraction of sp³-hybridized carbons (Fsp3) is 0.941. The van der Waals surface area contributed by atoms with E-state index in [0.717, 1.165) is 51.5 Å². The van der Waals surface area contributed by atoms with Gasteiger partial charge in [0.1, 0.15) is 5.54 Å². The van der Waals surface area contributed by atoms with Gasteiger partial charge >= 0.3 is 5.97 Å². The SMILES string of the molecule is CCCCN(CC(NC1CC1)(C(=O)O)C1CC1)C(C)CC. The van der Waals surface area contributed by atoms with Crippen molar-refractivity contribution in [1.29, 1.82) is 0 Å². The van der Waals surface area contributed by atoms with Gasteiger partial charge in [-0.2, -0.15) is 0 Å². The van der Waals surface area contributed by atoms with Gasteiger partial charge in [-0.05, 0) is 57.9 Å². The predicted octanol–water partition coefficient (Wildman–Crippen LogP) is 2.87. The molecule has 0 aliphatic heterocycles. The van der Waals surface area contributed by atoms with Crippen LogP contribution in [-0.4, -0.2) is 46.7 Å². The fourth-order valence-electron chi connectivity index (χ4n) is 3.16. The van der Waals surface area contributed by atoms with E-state index >= 15 is 0 Å². The quantitative estimate of drug-likeness (QED) is 0.615. The van der Waals surface area contributed by atoms with Crippen molar-refractivity contribution in [1.82, 2.24) is 10.2 Å². The summed E-state index contributed by atoms with van der Waals surface area (Å²) in [5, 5.41) is 13.5. The van der Waals surface area contributed by atoms with Gasteiger partial charge < -0.3 is 5.11 Å². The third-order valence-electron chi connectivity index (χ3n) is 5.16. The number of nitrogens with one attached hydrogen (secondary N) is 1. The summed E-state index contributed by atoms with van der Waals surface area (Å²) in [6.45, 7) is 8.30. The number of nitrogens with zero attached hydrogens (tertiary/aromatic N) is 1. The molecule has 122 valence electrons. The molecule has 2 unspecified atom stereocenters. The summed E-state index contributed by atoms with van der Waals surface area (Å²) in [6.07, 6.45) is 7.79. The van der Waals surface area contributed by atoms with Crippen LogP contribution in [0.3, 0.4) is 0 Å². The molecule has 2 N–H and O–H groups in total. The van der Waals surface area contributed by atoms with Crippen LogP contribution in [0.15, 0.2) is 0 Å². The van der Waals surface area contributed by atoms with Crippen LogP contribution < -0.4 is 5.32 Å². The highest BCUT2D eigenvalue weighted by Crippen LogP contribution is 2.42. The molecule has 0 radical (unpaired) electrons. The van der Waals surface area contributed by atoms with Crippen molar-refractivity contribution >= 4 is 5.97 Å². The second-order valence-corrected chi connectivity index (χ2v) is 7.05. The molecular weight excluding hydrogens is 264 g/mol. The van der Waals surface area contributed by atoms with Gasteiger partial charge in [0, 0.05) is 18.6 Å². The number of unbranched alkanes of at least 4 members (excludes halogenated alkanes) is 1. The standard InChI is InChI=1S/C17H32N2O2/c1-4-6-11-19(13(3)5-2)12-17(16(20)21,14-7-8-14)18-15-9-10-15/h13-15,18H,4-12H2,1-3H3,(H,20,21). The smallest absolute Gasteiger partial charge is 0.325 e. The maximum Gasteiger partial charge on any atom is 0.325 e. The van der Waals surface area contributed by atoms with Crippen LogP contribution >= 0.6 is 0 Å². The lowest BCUT2D eigenvalue weighted by Gasteiger charge is -2.39. The molecule has 2 fully saturated rings. The van der Waals surface area contributed by atoms with E-state index in [4.69, 9.17) is 0 Å². The number of rotatable bonds is 11. The van der Waals surface area contributed by atoms with Gasteiger partial charge in [-0.25, -0.2) is 0 Å². The Morgan fingerprint density at radius 2 is 2.00 bits per heavy atom. The minimum absolute atomic E-state index is 0.323. The van der Waals surface area contributed by atoms with Crippen LogP contribution in [0.4, 0.5) is 0 Å². The van der Waals surface area contributed by atoms with Crippen molar-refractivity contribution in [2.45, 2.75) is 83.3 Å². The van der Waals surface area contributed by atoms with E-state index in [9.17, 15) is 9.90 Å². The molecule has 2 atom stereocenters. The minimum atomic E-state index is -0.710. The molecule has 0 aromatic carbocycles. The molecule has 4 heteroatoms. The van der Waals surface area contributed by atoms with E-state index in [1.54, 1.807) is 0 Å². The molecule has 2 rings (SSSR count). The van der Waals surface area contributed by atoms with Gasteiger partial charge in [-0.15, -0.1) is 0 Å². The zero-order chi connectivity index (χ0) is 15.5. The number of hydrogen-bond acceptors (Lipinski definition) is 3. The molecular formula is C17H32N2O2. The Morgan fingerprint density at radius 1 is 1.33 bits per heavy atom. The zero-order valence-electron chi connectivity index (χ0n) is 13.9. The maximum atomic E-state index is 12.1. The zero-order valence-corrected chi connectivity index (χ0v) is 13.9. The minimum Gasteiger partial charge on any atom is -0.480 e. The molecule has 2 saturated carbocycles. The first-order chi connectivity index (χ1) is 10.0. The Kier molecular flexibility index (Phi) is 5.67. The Hall–Kier alpha value is -0.610. The van der Waals surface area contributed by atoms with E-state index in [1.807, 2.05) is 0 Å². The molecule has 0 bridgehead atoms. The summed E-state index contributed by atoms with van der Waals surface area (Å²) < 4.78 is 0. The van der Waals surface area contributed by atoms with E-state index in [1.165, 1.54) is 0 Å². The van der Waals surface area contributed by atoms with Crippen molar-refractivity contribution < 1.29 is 9.90 Å². The molecule has 2 aliphatic rings. The molecule has 21 heavy (non-hydrogen) atoms. The van der Waals surface area contributed by atoms with E-state index < -0.39 is 11.5 Å². The molecule has 0 amide bonds. The van der Waals surface area contributed by atoms with Crippen molar-refractivity contribution in [3.63, 3.8) is 0 Å². The number of carboxylic acid groups (broad SMARTS) is 1. The molecule has 0 heterocycles. The van der Waals surface area contributed by atoms with Crippen molar-refractivity contribution in [3.8, 4) is 0 Å². The molecule has 0 aromatic heterocycles. The number of aliphatic carboxylic acids is 1. The highest BCUT2D eigenvalue weighted by molar-refractivity contribution is 5.80. The summed E-state index contributed by atoms with van der Waals surface area (Å²) in [5.41, 5.74) is -0.710. The van der Waals surface area contributed by atoms with Crippen molar-refractivity contribution in [2.75, 3.05) is 13.1 Å². The van der Waals surface area contributed by atoms with E-state index in [2.05, 4.69) is 31.0 Å². The fourth-order valence-corrected chi connectivity index (χ4v) is 3.16. The van der Waals surface area contributed by atoms with Crippen LogP contribution in [0.25, 0.3) is 0 Å². The third kappa shape index (κ3) is 4.19. The van der Waals surface area contributed by atoms with Crippen molar-refractivity contribution in [2.24, 2.45) is 5.92 Å². The lowest BCUT2D eigenvalue weighted by molar-refractivity contribution is -0.147. The second kappa shape index (κ2) is 7.10. The lowest BCUT2D eigenvalue weighted by Crippen LogP contribution is -2.62. The molecule has 0 spiro atoms. The lowest BCUT2D eigenvalue weighted by atomic mass is 9.91. The number of hydrogen-bond donors (Lipinski definition) is 2. The van der Waals surface area contributed by atoms with Gasteiger partial charge in [0.05, 0.1) is 0 Å². The topological polar surface area (TPSA) is 52.6 Å². The summed E-state index contributed by atoms with van der Waals surface area (Å²) in [4.78, 5) is 14.5. The van der Waals surface area contributed by atoms with Crippen LogP contribution in [0.2, 0.25) is 0 Å². The van der Waals surface area contributed by atoms with E-state index in [-0.39, 0.29) is 0 Å². The van der Waals surface area contributed by atoms with Gasteiger partial charge in [0.15, 0.2) is 0 Å². The second-order valence-electron chi connectivity index (χ2n) is 7.05. The Labute approximate surface area is 129 Å². The summed E-state index contributed by atoms with van der Waals surface area (Å²) >= 11 is 0.